The number of nitrogens with zero attached hydrogens (tertiary/aromatic N) is 2. The van der Waals surface area contributed by atoms with Crippen molar-refractivity contribution in [1.29, 1.82) is 0 Å². The fraction of sp³-hybridized carbons (Fsp3) is 0.636. The molecule has 0 aliphatic carbocycles. The van der Waals surface area contributed by atoms with E-state index >= 15 is 0 Å². The zero-order chi connectivity index (χ0) is 11.1. The van der Waals surface area contributed by atoms with Crippen LogP contribution in [-0.2, 0) is 0 Å². The highest BCUT2D eigenvalue weighted by Crippen LogP contribution is 2.27. The Morgan fingerprint density at radius 3 is 2.75 bits per heavy atom. The molecule has 2 atom stereocenters. The van der Waals surface area contributed by atoms with Crippen LogP contribution >= 0.6 is 0 Å². The zero-order valence-electron chi connectivity index (χ0n) is 9.27. The summed E-state index contributed by atoms with van der Waals surface area (Å²) in [6.07, 6.45) is 0. The molecule has 0 radical (unpaired) electrons. The van der Waals surface area contributed by atoms with E-state index in [9.17, 15) is 4.79 Å². The average Bonchev–Trinajstić information content (AvgIpc) is 2.89. The number of nitrogens with one attached hydrogen (secondary N) is 1. The summed E-state index contributed by atoms with van der Waals surface area (Å²) < 4.78 is 4.93. The third-order valence-corrected chi connectivity index (χ3v) is 3.52. The number of fused-ring (bicyclic) bond motifs is 1. The molecule has 1 aromatic heterocycles. The third kappa shape index (κ3) is 1.51. The van der Waals surface area contributed by atoms with Gasteiger partial charge < -0.3 is 14.7 Å². The highest BCUT2D eigenvalue weighted by atomic mass is 16.5. The van der Waals surface area contributed by atoms with Gasteiger partial charge in [-0.3, -0.25) is 4.79 Å². The Bertz CT molecular complexity index is 403. The lowest BCUT2D eigenvalue weighted by molar-refractivity contribution is 0.0771. The van der Waals surface area contributed by atoms with Gasteiger partial charge in [0.05, 0.1) is 0 Å². The van der Waals surface area contributed by atoms with Crippen molar-refractivity contribution in [3.05, 3.63) is 17.5 Å². The van der Waals surface area contributed by atoms with Crippen LogP contribution < -0.4 is 5.32 Å². The van der Waals surface area contributed by atoms with E-state index in [-0.39, 0.29) is 5.91 Å². The molecule has 2 fully saturated rings. The molecule has 0 bridgehead atoms. The van der Waals surface area contributed by atoms with Crippen LogP contribution in [0.2, 0.25) is 0 Å². The Morgan fingerprint density at radius 2 is 2.19 bits per heavy atom. The van der Waals surface area contributed by atoms with Crippen molar-refractivity contribution in [3.8, 4) is 0 Å². The summed E-state index contributed by atoms with van der Waals surface area (Å²) in [5, 5.41) is 7.13. The van der Waals surface area contributed by atoms with E-state index < -0.39 is 0 Å². The van der Waals surface area contributed by atoms with E-state index in [1.54, 1.807) is 13.0 Å². The Balaban J connectivity index is 1.73. The van der Waals surface area contributed by atoms with E-state index in [0.29, 0.717) is 23.3 Å². The molecule has 0 unspecified atom stereocenters. The number of likely N-dealkylation sites (tertiary alicyclic amines) is 1. The molecule has 16 heavy (non-hydrogen) atoms. The van der Waals surface area contributed by atoms with Gasteiger partial charge in [0.2, 0.25) is 0 Å². The predicted molar refractivity (Wildman–Crippen MR) is 57.0 cm³/mol. The van der Waals surface area contributed by atoms with Crippen molar-refractivity contribution >= 4 is 5.91 Å². The van der Waals surface area contributed by atoms with Crippen LogP contribution in [0.4, 0.5) is 0 Å². The average molecular weight is 221 g/mol. The molecule has 2 aliphatic rings. The SMILES string of the molecule is Cc1cc(C(=O)N2C[C@H]3CNC[C@H]3C2)no1. The number of hydrogen-bond donors (Lipinski definition) is 1. The summed E-state index contributed by atoms with van der Waals surface area (Å²) in [6, 6.07) is 1.70. The zero-order valence-corrected chi connectivity index (χ0v) is 9.27. The minimum absolute atomic E-state index is 0.00579. The van der Waals surface area contributed by atoms with Crippen molar-refractivity contribution in [2.45, 2.75) is 6.92 Å². The third-order valence-electron chi connectivity index (χ3n) is 3.52. The topological polar surface area (TPSA) is 58.4 Å². The van der Waals surface area contributed by atoms with Gasteiger partial charge in [0.1, 0.15) is 5.76 Å². The fourth-order valence-corrected chi connectivity index (χ4v) is 2.65. The number of carbonyl (C=O) groups is 1. The molecule has 1 N–H and O–H groups in total. The molecule has 0 aromatic carbocycles. The van der Waals surface area contributed by atoms with Gasteiger partial charge in [-0.25, -0.2) is 0 Å². The minimum atomic E-state index is 0.00579. The summed E-state index contributed by atoms with van der Waals surface area (Å²) in [5.74, 6) is 1.93. The first-order valence-corrected chi connectivity index (χ1v) is 5.67. The molecule has 5 heteroatoms. The number of aryl methyl sites for hydroxylation is 1. The summed E-state index contributed by atoms with van der Waals surface area (Å²) in [5.41, 5.74) is 0.436. The van der Waals surface area contributed by atoms with E-state index in [2.05, 4.69) is 10.5 Å². The molecule has 1 aromatic rings. The summed E-state index contributed by atoms with van der Waals surface area (Å²) in [7, 11) is 0. The van der Waals surface area contributed by atoms with Crippen LogP contribution in [-0.4, -0.2) is 42.1 Å². The highest BCUT2D eigenvalue weighted by molar-refractivity contribution is 5.92. The van der Waals surface area contributed by atoms with Crippen LogP contribution in [0.3, 0.4) is 0 Å². The lowest BCUT2D eigenvalue weighted by Gasteiger charge is -2.15. The Labute approximate surface area is 93.8 Å². The van der Waals surface area contributed by atoms with Gasteiger partial charge in [0.25, 0.3) is 5.91 Å². The maximum absolute atomic E-state index is 12.1. The maximum atomic E-state index is 12.1. The molecule has 86 valence electrons. The molecular formula is C11H15N3O2. The molecule has 2 aliphatic heterocycles. The lowest BCUT2D eigenvalue weighted by Crippen LogP contribution is -2.32. The number of aromatic nitrogens is 1. The van der Waals surface area contributed by atoms with Crippen molar-refractivity contribution < 1.29 is 9.32 Å². The van der Waals surface area contributed by atoms with Gasteiger partial charge >= 0.3 is 0 Å². The van der Waals surface area contributed by atoms with E-state index in [4.69, 9.17) is 4.52 Å². The maximum Gasteiger partial charge on any atom is 0.276 e. The van der Waals surface area contributed by atoms with Crippen molar-refractivity contribution in [3.63, 3.8) is 0 Å². The van der Waals surface area contributed by atoms with Crippen LogP contribution in [0.15, 0.2) is 10.6 Å². The van der Waals surface area contributed by atoms with Crippen LogP contribution in [0.25, 0.3) is 0 Å². The van der Waals surface area contributed by atoms with Crippen LogP contribution in [0, 0.1) is 18.8 Å². The Kier molecular flexibility index (Phi) is 2.21. The molecule has 5 nitrogen and oxygen atoms in total. The smallest absolute Gasteiger partial charge is 0.276 e. The fourth-order valence-electron chi connectivity index (χ4n) is 2.65. The molecular weight excluding hydrogens is 206 g/mol. The van der Waals surface area contributed by atoms with Gasteiger partial charge in [-0.1, -0.05) is 5.16 Å². The summed E-state index contributed by atoms with van der Waals surface area (Å²) >= 11 is 0. The van der Waals surface area contributed by atoms with E-state index in [1.165, 1.54) is 0 Å². The molecule has 2 saturated heterocycles. The second-order valence-electron chi connectivity index (χ2n) is 4.71. The highest BCUT2D eigenvalue weighted by Gasteiger charge is 2.38. The van der Waals surface area contributed by atoms with Crippen molar-refractivity contribution in [2.75, 3.05) is 26.2 Å². The first-order chi connectivity index (χ1) is 7.74. The van der Waals surface area contributed by atoms with Crippen LogP contribution in [0.1, 0.15) is 16.2 Å². The molecule has 0 saturated carbocycles. The van der Waals surface area contributed by atoms with Gasteiger partial charge in [-0.2, -0.15) is 0 Å². The van der Waals surface area contributed by atoms with Crippen LogP contribution in [0.5, 0.6) is 0 Å². The number of rotatable bonds is 1. The Hall–Kier alpha value is -1.36. The van der Waals surface area contributed by atoms with Gasteiger partial charge in [0.15, 0.2) is 5.69 Å². The normalized spacial score (nSPS) is 28.4. The monoisotopic (exact) mass is 221 g/mol. The lowest BCUT2D eigenvalue weighted by atomic mass is 10.0. The standard InChI is InChI=1S/C11H15N3O2/c1-7-2-10(13-16-7)11(15)14-5-8-3-12-4-9(8)6-14/h2,8-9,12H,3-6H2,1H3/t8-,9+. The van der Waals surface area contributed by atoms with E-state index in [0.717, 1.165) is 26.2 Å². The quantitative estimate of drug-likeness (QED) is 0.739. The van der Waals surface area contributed by atoms with Gasteiger partial charge in [0, 0.05) is 32.2 Å². The summed E-state index contributed by atoms with van der Waals surface area (Å²) in [4.78, 5) is 14.0. The van der Waals surface area contributed by atoms with Crippen molar-refractivity contribution in [1.82, 2.24) is 15.4 Å². The second kappa shape index (κ2) is 3.59. The number of carbonyl (C=O) groups excluding carboxylic acids is 1. The second-order valence-corrected chi connectivity index (χ2v) is 4.71. The summed E-state index contributed by atoms with van der Waals surface area (Å²) in [6.45, 7) is 5.57. The van der Waals surface area contributed by atoms with Crippen molar-refractivity contribution in [2.24, 2.45) is 11.8 Å². The molecule has 1 amide bonds. The van der Waals surface area contributed by atoms with E-state index in [1.807, 2.05) is 4.90 Å². The molecule has 3 heterocycles. The van der Waals surface area contributed by atoms with Gasteiger partial charge in [-0.15, -0.1) is 0 Å². The Morgan fingerprint density at radius 1 is 1.50 bits per heavy atom. The minimum Gasteiger partial charge on any atom is -0.361 e. The van der Waals surface area contributed by atoms with Gasteiger partial charge in [-0.05, 0) is 18.8 Å². The first kappa shape index (κ1) is 9.84. The largest absolute Gasteiger partial charge is 0.361 e. The number of hydrogen-bond acceptors (Lipinski definition) is 4. The first-order valence-electron chi connectivity index (χ1n) is 5.67. The number of amides is 1. The molecule has 0 spiro atoms. The predicted octanol–water partition coefficient (Wildman–Crippen LogP) is 0.274. The molecule has 3 rings (SSSR count).